The van der Waals surface area contributed by atoms with Crippen LogP contribution in [0, 0.1) is 21.4 Å². The number of hydrazone groups is 1. The highest BCUT2D eigenvalue weighted by molar-refractivity contribution is 6.41. The van der Waals surface area contributed by atoms with Gasteiger partial charge in [0, 0.05) is 12.1 Å². The molecule has 8 heteroatoms. The van der Waals surface area contributed by atoms with Crippen LogP contribution >= 0.6 is 11.6 Å². The van der Waals surface area contributed by atoms with Gasteiger partial charge in [0.1, 0.15) is 6.42 Å². The quantitative estimate of drug-likeness (QED) is 0.509. The Hall–Kier alpha value is -2.72. The number of hydrogen-bond acceptors (Lipinski definition) is 5. The van der Waals surface area contributed by atoms with E-state index < -0.39 is 10.8 Å². The van der Waals surface area contributed by atoms with E-state index in [1.165, 1.54) is 36.6 Å². The highest BCUT2D eigenvalue weighted by atomic mass is 35.5. The number of rotatable bonds is 5. The summed E-state index contributed by atoms with van der Waals surface area (Å²) in [5.41, 5.74) is 2.75. The first-order valence-corrected chi connectivity index (χ1v) is 5.71. The van der Waals surface area contributed by atoms with Crippen LogP contribution in [0.5, 0.6) is 0 Å². The lowest BCUT2D eigenvalue weighted by Gasteiger charge is -1.95. The summed E-state index contributed by atoms with van der Waals surface area (Å²) in [7, 11) is 0. The van der Waals surface area contributed by atoms with Crippen molar-refractivity contribution in [1.29, 1.82) is 5.26 Å². The molecule has 0 saturated heterocycles. The molecule has 0 aliphatic rings. The van der Waals surface area contributed by atoms with Gasteiger partial charge in [-0.3, -0.25) is 14.9 Å². The van der Waals surface area contributed by atoms with Crippen LogP contribution in [0.15, 0.2) is 34.4 Å². The van der Waals surface area contributed by atoms with E-state index in [9.17, 15) is 14.9 Å². The van der Waals surface area contributed by atoms with E-state index in [1.54, 1.807) is 6.07 Å². The third-order valence-electron chi connectivity index (χ3n) is 2.03. The van der Waals surface area contributed by atoms with E-state index in [0.29, 0.717) is 5.56 Å². The number of amides is 1. The first-order valence-electron chi connectivity index (χ1n) is 5.33. The Morgan fingerprint density at radius 2 is 2.15 bits per heavy atom. The van der Waals surface area contributed by atoms with E-state index in [1.807, 2.05) is 0 Å². The molecule has 7 nitrogen and oxygen atoms in total. The van der Waals surface area contributed by atoms with E-state index in [0.717, 1.165) is 0 Å². The van der Waals surface area contributed by atoms with Gasteiger partial charge in [0.2, 0.25) is 0 Å². The second-order valence-corrected chi connectivity index (χ2v) is 3.94. The Morgan fingerprint density at radius 1 is 1.50 bits per heavy atom. The molecular weight excluding hydrogens is 284 g/mol. The molecule has 1 aromatic carbocycles. The van der Waals surface area contributed by atoms with Crippen molar-refractivity contribution in [2.45, 2.75) is 6.42 Å². The van der Waals surface area contributed by atoms with E-state index in [-0.39, 0.29) is 17.1 Å². The molecule has 1 N–H and O–H groups in total. The fourth-order valence-corrected chi connectivity index (χ4v) is 1.34. The molecule has 0 fully saturated rings. The molecule has 102 valence electrons. The summed E-state index contributed by atoms with van der Waals surface area (Å²) in [4.78, 5) is 20.9. The van der Waals surface area contributed by atoms with Crippen molar-refractivity contribution in [1.82, 2.24) is 5.43 Å². The lowest BCUT2D eigenvalue weighted by Crippen LogP contribution is -2.15. The zero-order valence-electron chi connectivity index (χ0n) is 10.1. The number of nitriles is 1. The number of carbonyl (C=O) groups excluding carboxylic acids is 1. The van der Waals surface area contributed by atoms with Gasteiger partial charge in [-0.15, -0.1) is 0 Å². The van der Waals surface area contributed by atoms with Crippen LogP contribution in [-0.2, 0) is 4.79 Å². The number of nitro benzene ring substituents is 1. The number of nitrogens with one attached hydrogen (secondary N) is 1. The Kier molecular flexibility index (Phi) is 5.87. The van der Waals surface area contributed by atoms with Crippen molar-refractivity contribution in [2.24, 2.45) is 5.10 Å². The largest absolute Gasteiger partial charge is 0.272 e. The standard InChI is InChI=1S/C12H9ClN4O3/c13-10(8-15-16-12(18)5-6-14)7-9-1-3-11(4-2-9)17(19)20/h1-4,7-8H,5H2,(H,16,18)/b10-7-,15-8-. The molecule has 0 aromatic heterocycles. The van der Waals surface area contributed by atoms with Gasteiger partial charge in [-0.2, -0.15) is 10.4 Å². The lowest BCUT2D eigenvalue weighted by atomic mass is 10.2. The van der Waals surface area contributed by atoms with Crippen molar-refractivity contribution in [2.75, 3.05) is 0 Å². The maximum absolute atomic E-state index is 10.9. The molecule has 1 aromatic rings. The third-order valence-corrected chi connectivity index (χ3v) is 2.23. The van der Waals surface area contributed by atoms with Crippen LogP contribution in [0.3, 0.4) is 0 Å². The van der Waals surface area contributed by atoms with Crippen LogP contribution in [-0.4, -0.2) is 17.0 Å². The molecule has 0 aliphatic carbocycles. The Labute approximate surface area is 119 Å². The summed E-state index contributed by atoms with van der Waals surface area (Å²) in [5.74, 6) is -0.538. The number of nitrogens with zero attached hydrogens (tertiary/aromatic N) is 3. The molecule has 0 bridgehead atoms. The predicted octanol–water partition coefficient (Wildman–Crippen LogP) is 2.19. The number of carbonyl (C=O) groups is 1. The van der Waals surface area contributed by atoms with Crippen LogP contribution in [0.1, 0.15) is 12.0 Å². The summed E-state index contributed by atoms with van der Waals surface area (Å²) < 4.78 is 0. The molecule has 0 spiro atoms. The van der Waals surface area contributed by atoms with Gasteiger partial charge >= 0.3 is 0 Å². The smallest absolute Gasteiger partial charge is 0.269 e. The minimum absolute atomic E-state index is 0.0179. The van der Waals surface area contributed by atoms with Gasteiger partial charge in [0.05, 0.1) is 22.2 Å². The van der Waals surface area contributed by atoms with Crippen LogP contribution in [0.4, 0.5) is 5.69 Å². The van der Waals surface area contributed by atoms with E-state index >= 15 is 0 Å². The second-order valence-electron chi connectivity index (χ2n) is 3.51. The predicted molar refractivity (Wildman–Crippen MR) is 73.8 cm³/mol. The van der Waals surface area contributed by atoms with Crippen LogP contribution in [0.2, 0.25) is 0 Å². The van der Waals surface area contributed by atoms with Gasteiger partial charge in [0.25, 0.3) is 11.6 Å². The molecule has 0 heterocycles. The fraction of sp³-hybridized carbons (Fsp3) is 0.0833. The molecule has 1 rings (SSSR count). The molecule has 0 saturated carbocycles. The molecule has 1 amide bonds. The van der Waals surface area contributed by atoms with Crippen LogP contribution in [0.25, 0.3) is 6.08 Å². The summed E-state index contributed by atoms with van der Waals surface area (Å²) in [5, 5.41) is 22.5. The number of halogens is 1. The van der Waals surface area contributed by atoms with Crippen molar-refractivity contribution < 1.29 is 9.72 Å². The molecule has 0 atom stereocenters. The summed E-state index contributed by atoms with van der Waals surface area (Å²) in [6.07, 6.45) is 2.42. The average Bonchev–Trinajstić information content (AvgIpc) is 2.39. The number of non-ortho nitro benzene ring substituents is 1. The summed E-state index contributed by atoms with van der Waals surface area (Å²) >= 11 is 5.84. The molecule has 0 aliphatic heterocycles. The number of hydrogen-bond donors (Lipinski definition) is 1. The third kappa shape index (κ3) is 5.29. The maximum atomic E-state index is 10.9. The molecule has 0 radical (unpaired) electrons. The van der Waals surface area contributed by atoms with Crippen molar-refractivity contribution in [3.8, 4) is 6.07 Å². The zero-order valence-corrected chi connectivity index (χ0v) is 10.9. The van der Waals surface area contributed by atoms with Gasteiger partial charge < -0.3 is 0 Å². The normalized spacial score (nSPS) is 11.1. The second kappa shape index (κ2) is 7.66. The minimum atomic E-state index is -0.538. The molecule has 0 unspecified atom stereocenters. The Balaban J connectivity index is 2.64. The number of allylic oxidation sites excluding steroid dienone is 1. The number of nitro groups is 1. The monoisotopic (exact) mass is 292 g/mol. The molecule has 20 heavy (non-hydrogen) atoms. The van der Waals surface area contributed by atoms with Crippen molar-refractivity contribution >= 4 is 35.5 Å². The Morgan fingerprint density at radius 3 is 2.70 bits per heavy atom. The zero-order chi connectivity index (χ0) is 15.0. The first-order chi connectivity index (χ1) is 9.52. The summed E-state index contributed by atoms with van der Waals surface area (Å²) in [6.45, 7) is 0. The van der Waals surface area contributed by atoms with Crippen molar-refractivity contribution in [3.63, 3.8) is 0 Å². The number of benzene rings is 1. The molecular formula is C12H9ClN4O3. The fourth-order valence-electron chi connectivity index (χ4n) is 1.17. The lowest BCUT2D eigenvalue weighted by molar-refractivity contribution is -0.384. The minimum Gasteiger partial charge on any atom is -0.272 e. The van der Waals surface area contributed by atoms with E-state index in [4.69, 9.17) is 16.9 Å². The van der Waals surface area contributed by atoms with Crippen molar-refractivity contribution in [3.05, 3.63) is 45.0 Å². The van der Waals surface area contributed by atoms with Crippen LogP contribution < -0.4 is 5.43 Å². The maximum Gasteiger partial charge on any atom is 0.269 e. The van der Waals surface area contributed by atoms with Gasteiger partial charge in [0.15, 0.2) is 0 Å². The highest BCUT2D eigenvalue weighted by Crippen LogP contribution is 2.14. The van der Waals surface area contributed by atoms with E-state index in [2.05, 4.69) is 10.5 Å². The summed E-state index contributed by atoms with van der Waals surface area (Å²) in [6, 6.07) is 7.43. The SMILES string of the molecule is N#CCC(=O)N/N=C\C(Cl)=C\c1ccc([N+](=O)[O-])cc1. The van der Waals surface area contributed by atoms with Gasteiger partial charge in [-0.05, 0) is 23.8 Å². The Bertz CT molecular complexity index is 602. The highest BCUT2D eigenvalue weighted by Gasteiger charge is 2.02. The van der Waals surface area contributed by atoms with Gasteiger partial charge in [-0.25, -0.2) is 5.43 Å². The topological polar surface area (TPSA) is 108 Å². The first kappa shape index (κ1) is 15.3. The van der Waals surface area contributed by atoms with Gasteiger partial charge in [-0.1, -0.05) is 11.6 Å². The average molecular weight is 293 g/mol.